The number of fused-ring (bicyclic) bond motifs is 15. The highest BCUT2D eigenvalue weighted by Crippen LogP contribution is 2.66. The van der Waals surface area contributed by atoms with Crippen LogP contribution in [0.3, 0.4) is 0 Å². The fraction of sp³-hybridized carbons (Fsp3) is 0.419. The number of aryl methyl sites for hydroxylation is 1. The third kappa shape index (κ3) is 4.77. The molecule has 0 saturated heterocycles. The van der Waals surface area contributed by atoms with Crippen LogP contribution in [0.5, 0.6) is 0 Å². The monoisotopic (exact) mass is 866 g/mol. The van der Waals surface area contributed by atoms with Crippen LogP contribution in [0.2, 0.25) is 0 Å². The van der Waals surface area contributed by atoms with Crippen LogP contribution in [-0.2, 0) is 39.0 Å². The van der Waals surface area contributed by atoms with Gasteiger partial charge in [0, 0.05) is 55.6 Å². The quantitative estimate of drug-likeness (QED) is 0.152. The molecule has 1 fully saturated rings. The van der Waals surface area contributed by atoms with Gasteiger partial charge in [0.15, 0.2) is 0 Å². The van der Waals surface area contributed by atoms with E-state index in [-0.39, 0.29) is 44.9 Å². The van der Waals surface area contributed by atoms with Crippen molar-refractivity contribution in [1.82, 2.24) is 4.57 Å². The number of hydrogen-bond acceptors (Lipinski definition) is 2. The molecule has 3 nitrogen and oxygen atoms in total. The van der Waals surface area contributed by atoms with Crippen molar-refractivity contribution in [2.24, 2.45) is 0 Å². The van der Waals surface area contributed by atoms with Crippen LogP contribution in [-0.4, -0.2) is 16.8 Å². The normalized spacial score (nSPS) is 25.7. The minimum absolute atomic E-state index is 0.0218. The van der Waals surface area contributed by atoms with Gasteiger partial charge in [-0.2, -0.15) is 0 Å². The van der Waals surface area contributed by atoms with Gasteiger partial charge in [-0.1, -0.05) is 156 Å². The smallest absolute Gasteiger partial charge is 0.252 e. The fourth-order valence-electron chi connectivity index (χ4n) is 15.0. The van der Waals surface area contributed by atoms with Gasteiger partial charge in [-0.3, -0.25) is 0 Å². The summed E-state index contributed by atoms with van der Waals surface area (Å²) < 4.78 is 2.74. The Morgan fingerprint density at radius 3 is 1.89 bits per heavy atom. The van der Waals surface area contributed by atoms with Gasteiger partial charge in [-0.25, -0.2) is 0 Å². The molecular weight excluding hydrogens is 798 g/mol. The Hall–Kier alpha value is -5.22. The average molecular weight is 866 g/mol. The lowest BCUT2D eigenvalue weighted by atomic mass is 9.33. The third-order valence-corrected chi connectivity index (χ3v) is 19.2. The molecule has 1 aromatic heterocycles. The summed E-state index contributed by atoms with van der Waals surface area (Å²) in [5, 5.41) is 2.76. The molecule has 4 unspecified atom stereocenters. The minimum Gasteiger partial charge on any atom is -0.334 e. The van der Waals surface area contributed by atoms with E-state index in [9.17, 15) is 0 Å². The Morgan fingerprint density at radius 2 is 1.15 bits per heavy atom. The highest BCUT2D eigenvalue weighted by molar-refractivity contribution is 7.00. The zero-order valence-electron chi connectivity index (χ0n) is 42.0. The second-order valence-electron chi connectivity index (χ2n) is 25.6. The van der Waals surface area contributed by atoms with Crippen LogP contribution in [0.25, 0.3) is 27.5 Å². The molecule has 0 radical (unpaired) electrons. The Labute approximate surface area is 394 Å². The molecule has 2 aliphatic carbocycles. The zero-order valence-corrected chi connectivity index (χ0v) is 42.0. The van der Waals surface area contributed by atoms with Crippen LogP contribution < -0.4 is 26.2 Å². The summed E-state index contributed by atoms with van der Waals surface area (Å²) >= 11 is 0. The molecule has 0 spiro atoms. The van der Waals surface area contributed by atoms with E-state index in [4.69, 9.17) is 0 Å². The zero-order chi connectivity index (χ0) is 46.0. The summed E-state index contributed by atoms with van der Waals surface area (Å²) in [6.45, 7) is 32.1. The predicted octanol–water partition coefficient (Wildman–Crippen LogP) is 13.8. The van der Waals surface area contributed by atoms with Gasteiger partial charge in [-0.05, 0) is 148 Å². The Bertz CT molecular complexity index is 3310. The maximum atomic E-state index is 2.94. The maximum Gasteiger partial charge on any atom is 0.252 e. The van der Waals surface area contributed by atoms with Crippen molar-refractivity contribution in [3.63, 3.8) is 0 Å². The molecule has 13 rings (SSSR count). The lowest BCUT2D eigenvalue weighted by molar-refractivity contribution is 0.195. The molecule has 6 aromatic carbocycles. The number of anilines is 4. The van der Waals surface area contributed by atoms with E-state index >= 15 is 0 Å². The first-order chi connectivity index (χ1) is 31.1. The number of nitrogens with zero attached hydrogens (tertiary/aromatic N) is 3. The van der Waals surface area contributed by atoms with Gasteiger partial charge in [0.25, 0.3) is 6.71 Å². The average Bonchev–Trinajstić information content (AvgIpc) is 3.79. The number of aromatic nitrogens is 1. The Balaban J connectivity index is 1.23. The Morgan fingerprint density at radius 1 is 0.515 bits per heavy atom. The molecule has 5 heterocycles. The molecule has 0 N–H and O–H groups in total. The van der Waals surface area contributed by atoms with E-state index < -0.39 is 0 Å². The van der Waals surface area contributed by atoms with Gasteiger partial charge >= 0.3 is 0 Å². The predicted molar refractivity (Wildman–Crippen MR) is 282 cm³/mol. The summed E-state index contributed by atoms with van der Waals surface area (Å²) in [5.74, 6) is 0. The number of hydrogen-bond donors (Lipinski definition) is 0. The highest BCUT2D eigenvalue weighted by Gasteiger charge is 2.64. The van der Waals surface area contributed by atoms with E-state index in [1.54, 1.807) is 5.56 Å². The summed E-state index contributed by atoms with van der Waals surface area (Å²) in [5.41, 5.74) is 23.9. The molecule has 4 heteroatoms. The third-order valence-electron chi connectivity index (χ3n) is 19.2. The molecule has 1 saturated carbocycles. The molecule has 4 aliphatic heterocycles. The van der Waals surface area contributed by atoms with E-state index in [0.29, 0.717) is 0 Å². The molecule has 6 aliphatic rings. The largest absolute Gasteiger partial charge is 0.334 e. The van der Waals surface area contributed by atoms with Crippen molar-refractivity contribution in [2.75, 3.05) is 9.80 Å². The van der Waals surface area contributed by atoms with E-state index in [1.807, 2.05) is 0 Å². The second-order valence-corrected chi connectivity index (χ2v) is 25.6. The summed E-state index contributed by atoms with van der Waals surface area (Å²) in [4.78, 5) is 5.78. The number of rotatable bonds is 1. The number of para-hydroxylation sites is 1. The minimum atomic E-state index is -0.317. The second kappa shape index (κ2) is 12.5. The van der Waals surface area contributed by atoms with Crippen molar-refractivity contribution >= 4 is 67.7 Å². The lowest BCUT2D eigenvalue weighted by Crippen LogP contribution is -2.63. The first-order valence-electron chi connectivity index (χ1n) is 25.4. The molecule has 4 atom stereocenters. The van der Waals surface area contributed by atoms with Crippen molar-refractivity contribution < 1.29 is 0 Å². The van der Waals surface area contributed by atoms with Crippen LogP contribution in [0, 0.1) is 0 Å². The van der Waals surface area contributed by atoms with Crippen molar-refractivity contribution in [2.45, 2.75) is 167 Å². The summed E-state index contributed by atoms with van der Waals surface area (Å²) in [6, 6.07) is 42.3. The number of benzene rings is 6. The standard InChI is InChI=1S/C62H68BN3/c1-56(2,3)38-24-25-49-42(30-38)43-31-39(57(4,5)6)33-47-54(43)64(49)51-35-41(65-50-23-17-16-22-45(50)59(10)27-18-19-28-61(59,65)12)36-52-53(51)63(47)48-34-40(58(7,8)9)32-46-55(48)66(52)62(13)44-21-15-14-20-37(44)26-29-60(46,62)11/h14-17,20-25,30-36H,18-19,26-29H2,1-13H3. The molecule has 66 heavy (non-hydrogen) atoms. The van der Waals surface area contributed by atoms with Crippen LogP contribution >= 0.6 is 0 Å². The summed E-state index contributed by atoms with van der Waals surface area (Å²) in [7, 11) is 0. The van der Waals surface area contributed by atoms with Gasteiger partial charge in [0.05, 0.1) is 16.6 Å². The van der Waals surface area contributed by atoms with Gasteiger partial charge in [-0.15, -0.1) is 0 Å². The van der Waals surface area contributed by atoms with Crippen LogP contribution in [0.4, 0.5) is 22.7 Å². The van der Waals surface area contributed by atoms with Gasteiger partial charge in [0.1, 0.15) is 0 Å². The van der Waals surface area contributed by atoms with Crippen LogP contribution in [0.1, 0.15) is 161 Å². The summed E-state index contributed by atoms with van der Waals surface area (Å²) in [6.07, 6.45) is 7.13. The van der Waals surface area contributed by atoms with Crippen LogP contribution in [0.15, 0.2) is 103 Å². The van der Waals surface area contributed by atoms with E-state index in [1.165, 1.54) is 126 Å². The molecule has 7 aromatic rings. The van der Waals surface area contributed by atoms with Gasteiger partial charge in [0.2, 0.25) is 0 Å². The highest BCUT2D eigenvalue weighted by atomic mass is 15.3. The fourth-order valence-corrected chi connectivity index (χ4v) is 15.0. The molecular formula is C62H68BN3. The first-order valence-corrected chi connectivity index (χ1v) is 25.4. The maximum absolute atomic E-state index is 2.94. The first kappa shape index (κ1) is 41.0. The lowest BCUT2D eigenvalue weighted by Gasteiger charge is -2.53. The van der Waals surface area contributed by atoms with Gasteiger partial charge < -0.3 is 14.4 Å². The Kier molecular flexibility index (Phi) is 7.74. The van der Waals surface area contributed by atoms with Crippen molar-refractivity contribution in [3.8, 4) is 5.69 Å². The topological polar surface area (TPSA) is 11.4 Å². The molecule has 0 bridgehead atoms. The molecule has 334 valence electrons. The molecule has 0 amide bonds. The van der Waals surface area contributed by atoms with Crippen molar-refractivity contribution in [1.29, 1.82) is 0 Å². The van der Waals surface area contributed by atoms with E-state index in [0.717, 1.165) is 12.8 Å². The SMILES string of the molecule is CC(C)(C)c1cc2c3c(c1)C1(C)CCc4ccccc4C1(C)N3c1cc(N3c4ccccc4C4(C)CCCCC34C)cc3c1B2c1cc(C(C)(C)C)cc2c4cc(C(C)(C)C)ccc4n-3c12. The van der Waals surface area contributed by atoms with E-state index in [2.05, 4.69) is 208 Å². The van der Waals surface area contributed by atoms with Crippen molar-refractivity contribution in [3.05, 3.63) is 142 Å².